The van der Waals surface area contributed by atoms with E-state index < -0.39 is 0 Å². The fourth-order valence-corrected chi connectivity index (χ4v) is 2.46. The van der Waals surface area contributed by atoms with Crippen molar-refractivity contribution in [3.63, 3.8) is 0 Å². The second-order valence-corrected chi connectivity index (χ2v) is 4.77. The normalized spacial score (nSPS) is 17.8. The highest BCUT2D eigenvalue weighted by atomic mass is 15.3. The van der Waals surface area contributed by atoms with Crippen molar-refractivity contribution in [1.29, 1.82) is 0 Å². The third-order valence-electron chi connectivity index (χ3n) is 3.54. The van der Waals surface area contributed by atoms with Crippen molar-refractivity contribution < 1.29 is 0 Å². The molecular formula is C12H22N4. The van der Waals surface area contributed by atoms with Gasteiger partial charge in [0, 0.05) is 7.05 Å². The summed E-state index contributed by atoms with van der Waals surface area (Å²) in [5.41, 5.74) is 0. The lowest BCUT2D eigenvalue weighted by molar-refractivity contribution is 0.333. The molecule has 2 rings (SSSR count). The Morgan fingerprint density at radius 1 is 1.38 bits per heavy atom. The van der Waals surface area contributed by atoms with Crippen molar-refractivity contribution in [1.82, 2.24) is 20.1 Å². The van der Waals surface area contributed by atoms with Crippen molar-refractivity contribution in [2.24, 2.45) is 13.0 Å². The van der Waals surface area contributed by atoms with Crippen LogP contribution in [0.1, 0.15) is 44.3 Å². The quantitative estimate of drug-likeness (QED) is 0.773. The summed E-state index contributed by atoms with van der Waals surface area (Å²) in [6.07, 6.45) is 10.1. The average molecular weight is 222 g/mol. The van der Waals surface area contributed by atoms with Crippen molar-refractivity contribution >= 4 is 0 Å². The molecule has 1 aromatic heterocycles. The van der Waals surface area contributed by atoms with Gasteiger partial charge in [-0.15, -0.1) is 0 Å². The molecular weight excluding hydrogens is 200 g/mol. The minimum atomic E-state index is 0.837. The fourth-order valence-electron chi connectivity index (χ4n) is 2.46. The van der Waals surface area contributed by atoms with E-state index in [1.807, 2.05) is 11.7 Å². The molecule has 4 heteroatoms. The number of aromatic nitrogens is 3. The van der Waals surface area contributed by atoms with Crippen LogP contribution in [0.3, 0.4) is 0 Å². The molecule has 1 saturated carbocycles. The zero-order chi connectivity index (χ0) is 11.2. The number of rotatable bonds is 5. The Morgan fingerprint density at radius 3 is 2.88 bits per heavy atom. The number of nitrogens with zero attached hydrogens (tertiary/aromatic N) is 3. The number of hydrogen-bond acceptors (Lipinski definition) is 3. The van der Waals surface area contributed by atoms with E-state index in [9.17, 15) is 0 Å². The van der Waals surface area contributed by atoms with Crippen LogP contribution >= 0.6 is 0 Å². The van der Waals surface area contributed by atoms with Crippen LogP contribution in [0.25, 0.3) is 0 Å². The first-order chi connectivity index (χ1) is 7.86. The second-order valence-electron chi connectivity index (χ2n) is 4.77. The van der Waals surface area contributed by atoms with E-state index >= 15 is 0 Å². The summed E-state index contributed by atoms with van der Waals surface area (Å²) in [4.78, 5) is 4.19. The van der Waals surface area contributed by atoms with Crippen LogP contribution < -0.4 is 5.32 Å². The van der Waals surface area contributed by atoms with Gasteiger partial charge in [0.2, 0.25) is 0 Å². The molecule has 0 saturated heterocycles. The zero-order valence-electron chi connectivity index (χ0n) is 10.2. The first-order valence-electron chi connectivity index (χ1n) is 6.40. The molecule has 4 nitrogen and oxygen atoms in total. The molecule has 0 amide bonds. The third kappa shape index (κ3) is 3.30. The van der Waals surface area contributed by atoms with Gasteiger partial charge < -0.3 is 5.32 Å². The van der Waals surface area contributed by atoms with Crippen LogP contribution in [-0.4, -0.2) is 21.3 Å². The maximum Gasteiger partial charge on any atom is 0.140 e. The van der Waals surface area contributed by atoms with Crippen LogP contribution in [0, 0.1) is 5.92 Å². The molecule has 0 spiro atoms. The Labute approximate surface area is 97.5 Å². The van der Waals surface area contributed by atoms with Crippen molar-refractivity contribution in [3.8, 4) is 0 Å². The summed E-state index contributed by atoms with van der Waals surface area (Å²) in [5, 5.41) is 7.50. The standard InChI is InChI=1S/C12H22N4/c1-16-12(14-10-15-16)9-13-8-7-11-5-3-2-4-6-11/h10-11,13H,2-9H2,1H3. The maximum atomic E-state index is 4.19. The largest absolute Gasteiger partial charge is 0.310 e. The van der Waals surface area contributed by atoms with Gasteiger partial charge in [0.25, 0.3) is 0 Å². The smallest absolute Gasteiger partial charge is 0.140 e. The van der Waals surface area contributed by atoms with Crippen molar-refractivity contribution in [2.45, 2.75) is 45.1 Å². The summed E-state index contributed by atoms with van der Waals surface area (Å²) in [7, 11) is 1.94. The van der Waals surface area contributed by atoms with Gasteiger partial charge in [0.15, 0.2) is 0 Å². The topological polar surface area (TPSA) is 42.7 Å². The molecule has 1 aliphatic carbocycles. The first-order valence-corrected chi connectivity index (χ1v) is 6.40. The molecule has 0 atom stereocenters. The van der Waals surface area contributed by atoms with E-state index in [0.717, 1.165) is 24.8 Å². The molecule has 1 heterocycles. The molecule has 1 aliphatic rings. The molecule has 1 N–H and O–H groups in total. The molecule has 0 aromatic carbocycles. The Bertz CT molecular complexity index is 302. The monoisotopic (exact) mass is 222 g/mol. The van der Waals surface area contributed by atoms with E-state index in [1.165, 1.54) is 38.5 Å². The average Bonchev–Trinajstić information content (AvgIpc) is 2.72. The SMILES string of the molecule is Cn1ncnc1CNCCC1CCCCC1. The van der Waals surface area contributed by atoms with E-state index in [2.05, 4.69) is 15.4 Å². The molecule has 1 fully saturated rings. The molecule has 1 aromatic rings. The summed E-state index contributed by atoms with van der Waals surface area (Å²) >= 11 is 0. The van der Waals surface area contributed by atoms with Gasteiger partial charge in [0.1, 0.15) is 12.2 Å². The summed E-state index contributed by atoms with van der Waals surface area (Å²) in [6.45, 7) is 1.95. The van der Waals surface area contributed by atoms with E-state index in [1.54, 1.807) is 6.33 Å². The Kier molecular flexibility index (Phi) is 4.34. The van der Waals surface area contributed by atoms with Crippen LogP contribution in [-0.2, 0) is 13.6 Å². The van der Waals surface area contributed by atoms with E-state index in [4.69, 9.17) is 0 Å². The third-order valence-corrected chi connectivity index (χ3v) is 3.54. The zero-order valence-corrected chi connectivity index (χ0v) is 10.2. The molecule has 0 radical (unpaired) electrons. The predicted octanol–water partition coefficient (Wildman–Crippen LogP) is 1.88. The van der Waals surface area contributed by atoms with Gasteiger partial charge in [0.05, 0.1) is 6.54 Å². The minimum Gasteiger partial charge on any atom is -0.310 e. The summed E-state index contributed by atoms with van der Waals surface area (Å²) in [6, 6.07) is 0. The number of nitrogens with one attached hydrogen (secondary N) is 1. The second kappa shape index (κ2) is 5.99. The number of hydrogen-bond donors (Lipinski definition) is 1. The Balaban J connectivity index is 1.59. The highest BCUT2D eigenvalue weighted by Crippen LogP contribution is 2.25. The van der Waals surface area contributed by atoms with Gasteiger partial charge in [-0.05, 0) is 18.9 Å². The number of aryl methyl sites for hydroxylation is 1. The first kappa shape index (κ1) is 11.6. The van der Waals surface area contributed by atoms with Crippen molar-refractivity contribution in [2.75, 3.05) is 6.54 Å². The van der Waals surface area contributed by atoms with Crippen molar-refractivity contribution in [3.05, 3.63) is 12.2 Å². The predicted molar refractivity (Wildman–Crippen MR) is 63.9 cm³/mol. The highest BCUT2D eigenvalue weighted by Gasteiger charge is 2.12. The summed E-state index contributed by atoms with van der Waals surface area (Å²) < 4.78 is 1.83. The van der Waals surface area contributed by atoms with Gasteiger partial charge in [-0.3, -0.25) is 4.68 Å². The van der Waals surface area contributed by atoms with Crippen LogP contribution in [0.5, 0.6) is 0 Å². The molecule has 0 bridgehead atoms. The Morgan fingerprint density at radius 2 is 2.19 bits per heavy atom. The van der Waals surface area contributed by atoms with E-state index in [-0.39, 0.29) is 0 Å². The van der Waals surface area contributed by atoms with Gasteiger partial charge >= 0.3 is 0 Å². The van der Waals surface area contributed by atoms with Crippen LogP contribution in [0.4, 0.5) is 0 Å². The molecule has 16 heavy (non-hydrogen) atoms. The van der Waals surface area contributed by atoms with Gasteiger partial charge in [-0.1, -0.05) is 32.1 Å². The lowest BCUT2D eigenvalue weighted by Gasteiger charge is -2.21. The fraction of sp³-hybridized carbons (Fsp3) is 0.833. The molecule has 90 valence electrons. The Hall–Kier alpha value is -0.900. The minimum absolute atomic E-state index is 0.837. The molecule has 0 unspecified atom stereocenters. The lowest BCUT2D eigenvalue weighted by atomic mass is 9.87. The highest BCUT2D eigenvalue weighted by molar-refractivity contribution is 4.82. The lowest BCUT2D eigenvalue weighted by Crippen LogP contribution is -2.20. The maximum absolute atomic E-state index is 4.19. The van der Waals surface area contributed by atoms with E-state index in [0.29, 0.717) is 0 Å². The molecule has 0 aliphatic heterocycles. The van der Waals surface area contributed by atoms with Crippen LogP contribution in [0.2, 0.25) is 0 Å². The summed E-state index contributed by atoms with van der Waals surface area (Å²) in [5.74, 6) is 1.98. The van der Waals surface area contributed by atoms with Gasteiger partial charge in [-0.25, -0.2) is 4.98 Å². The van der Waals surface area contributed by atoms with Crippen LogP contribution in [0.15, 0.2) is 6.33 Å². The van der Waals surface area contributed by atoms with Gasteiger partial charge in [-0.2, -0.15) is 5.10 Å².